The Balaban J connectivity index is 2.01. The van der Waals surface area contributed by atoms with Crippen LogP contribution in [0, 0.1) is 23.2 Å². The number of carbonyl (C=O) groups excluding carboxylic acids is 1. The number of fused-ring (bicyclic) bond motifs is 1. The molecule has 2 aliphatic carbocycles. The summed E-state index contributed by atoms with van der Waals surface area (Å²) in [7, 11) is 0. The van der Waals surface area contributed by atoms with E-state index in [1.54, 1.807) is 0 Å². The summed E-state index contributed by atoms with van der Waals surface area (Å²) in [6, 6.07) is 0. The van der Waals surface area contributed by atoms with Crippen molar-refractivity contribution in [2.24, 2.45) is 23.2 Å². The molecule has 2 rings (SSSR count). The van der Waals surface area contributed by atoms with Crippen LogP contribution in [0.4, 0.5) is 0 Å². The van der Waals surface area contributed by atoms with Crippen LogP contribution in [0.5, 0.6) is 0 Å². The minimum atomic E-state index is -0.673. The van der Waals surface area contributed by atoms with Gasteiger partial charge in [0.15, 0.2) is 0 Å². The number of hydrogen-bond donors (Lipinski definition) is 1. The van der Waals surface area contributed by atoms with E-state index in [1.807, 2.05) is 26.0 Å². The van der Waals surface area contributed by atoms with E-state index in [-0.39, 0.29) is 5.41 Å². The van der Waals surface area contributed by atoms with Crippen molar-refractivity contribution in [3.8, 4) is 0 Å². The predicted molar refractivity (Wildman–Crippen MR) is 96.2 cm³/mol. The number of aliphatic hydroxyl groups is 1. The third kappa shape index (κ3) is 3.79. The Kier molecular flexibility index (Phi) is 5.89. The highest BCUT2D eigenvalue weighted by atomic mass is 16.3. The molecule has 0 radical (unpaired) electrons. The lowest BCUT2D eigenvalue weighted by molar-refractivity contribution is -0.129. The molecule has 0 aromatic heterocycles. The maximum atomic E-state index is 12.2. The first-order chi connectivity index (χ1) is 10.9. The number of ketones is 1. The quantitative estimate of drug-likeness (QED) is 0.694. The van der Waals surface area contributed by atoms with E-state index in [2.05, 4.69) is 26.0 Å². The van der Waals surface area contributed by atoms with E-state index in [0.717, 1.165) is 32.1 Å². The highest BCUT2D eigenvalue weighted by Gasteiger charge is 2.51. The Hall–Kier alpha value is -0.890. The van der Waals surface area contributed by atoms with Crippen molar-refractivity contribution in [3.63, 3.8) is 0 Å². The van der Waals surface area contributed by atoms with E-state index in [0.29, 0.717) is 23.5 Å². The van der Waals surface area contributed by atoms with Gasteiger partial charge in [0, 0.05) is 12.3 Å². The summed E-state index contributed by atoms with van der Waals surface area (Å²) in [5.74, 6) is 1.90. The molecular formula is C21H34O2. The molecule has 0 aromatic rings. The van der Waals surface area contributed by atoms with Gasteiger partial charge in [-0.05, 0) is 55.8 Å². The fraction of sp³-hybridized carbons (Fsp3) is 0.762. The minimum absolute atomic E-state index is 0.205. The first-order valence-electron chi connectivity index (χ1n) is 9.47. The molecule has 23 heavy (non-hydrogen) atoms. The number of hydrogen-bond acceptors (Lipinski definition) is 2. The molecule has 0 aromatic carbocycles. The highest BCUT2D eigenvalue weighted by Crippen LogP contribution is 2.56. The Bertz CT molecular complexity index is 472. The van der Waals surface area contributed by atoms with Gasteiger partial charge in [-0.25, -0.2) is 0 Å². The van der Waals surface area contributed by atoms with Gasteiger partial charge in [-0.2, -0.15) is 0 Å². The zero-order valence-corrected chi connectivity index (χ0v) is 15.3. The van der Waals surface area contributed by atoms with Crippen molar-refractivity contribution in [3.05, 3.63) is 24.3 Å². The molecule has 0 spiro atoms. The van der Waals surface area contributed by atoms with Crippen LogP contribution < -0.4 is 0 Å². The average Bonchev–Trinajstić information content (AvgIpc) is 2.89. The molecule has 2 aliphatic rings. The Labute approximate surface area is 142 Å². The van der Waals surface area contributed by atoms with Gasteiger partial charge in [-0.3, -0.25) is 4.79 Å². The standard InChI is InChI=1S/C21H34O2/c1-5-21(23,6-2)15-8-7-10-16(3)17-12-13-18-19(22)11-9-14-20(17,18)4/h7-8,10,15-18,23H,5-6,9,11-14H2,1-4H3/b10-7+,15-8+/t16-,17?,18?,20?/m1/s1. The second-order valence-corrected chi connectivity index (χ2v) is 7.98. The lowest BCUT2D eigenvalue weighted by atomic mass is 9.62. The zero-order valence-electron chi connectivity index (χ0n) is 15.3. The Morgan fingerprint density at radius 2 is 2.00 bits per heavy atom. The number of rotatable bonds is 6. The topological polar surface area (TPSA) is 37.3 Å². The third-order valence-electron chi connectivity index (χ3n) is 6.73. The van der Waals surface area contributed by atoms with E-state index >= 15 is 0 Å². The summed E-state index contributed by atoms with van der Waals surface area (Å²) in [6.07, 6.45) is 15.1. The van der Waals surface area contributed by atoms with Crippen molar-refractivity contribution in [1.82, 2.24) is 0 Å². The number of carbonyl (C=O) groups is 1. The van der Waals surface area contributed by atoms with Gasteiger partial charge in [-0.15, -0.1) is 0 Å². The molecule has 0 amide bonds. The summed E-state index contributed by atoms with van der Waals surface area (Å²) in [5.41, 5.74) is -0.468. The molecule has 1 N–H and O–H groups in total. The second-order valence-electron chi connectivity index (χ2n) is 7.98. The summed E-state index contributed by atoms with van der Waals surface area (Å²) >= 11 is 0. The molecule has 0 aliphatic heterocycles. The molecule has 2 nitrogen and oxygen atoms in total. The maximum Gasteiger partial charge on any atom is 0.136 e. The average molecular weight is 319 g/mol. The molecular weight excluding hydrogens is 284 g/mol. The Morgan fingerprint density at radius 3 is 2.65 bits per heavy atom. The first-order valence-corrected chi connectivity index (χ1v) is 9.47. The van der Waals surface area contributed by atoms with Crippen molar-refractivity contribution >= 4 is 5.78 Å². The van der Waals surface area contributed by atoms with Crippen molar-refractivity contribution < 1.29 is 9.90 Å². The second kappa shape index (κ2) is 7.34. The van der Waals surface area contributed by atoms with Gasteiger partial charge in [-0.1, -0.05) is 52.0 Å². The molecule has 0 heterocycles. The summed E-state index contributed by atoms with van der Waals surface area (Å²) in [4.78, 5) is 12.2. The fourth-order valence-electron chi connectivity index (χ4n) is 4.93. The van der Waals surface area contributed by atoms with Crippen LogP contribution in [0.2, 0.25) is 0 Å². The van der Waals surface area contributed by atoms with E-state index in [4.69, 9.17) is 0 Å². The van der Waals surface area contributed by atoms with Crippen LogP contribution in [0.3, 0.4) is 0 Å². The number of allylic oxidation sites excluding steroid dienone is 3. The summed E-state index contributed by atoms with van der Waals surface area (Å²) < 4.78 is 0. The van der Waals surface area contributed by atoms with Crippen molar-refractivity contribution in [1.29, 1.82) is 0 Å². The van der Waals surface area contributed by atoms with E-state index < -0.39 is 5.60 Å². The number of Topliss-reactive ketones (excluding diaryl/α,β-unsaturated/α-hetero) is 1. The molecule has 2 heteroatoms. The van der Waals surface area contributed by atoms with Crippen LogP contribution in [0.25, 0.3) is 0 Å². The first kappa shape index (κ1) is 18.4. The molecule has 4 atom stereocenters. The molecule has 2 fully saturated rings. The van der Waals surface area contributed by atoms with Crippen LogP contribution in [0.15, 0.2) is 24.3 Å². The van der Waals surface area contributed by atoms with Gasteiger partial charge in [0.05, 0.1) is 5.60 Å². The van der Waals surface area contributed by atoms with Gasteiger partial charge < -0.3 is 5.11 Å². The lowest BCUT2D eigenvalue weighted by Crippen LogP contribution is -2.39. The van der Waals surface area contributed by atoms with Gasteiger partial charge in [0.1, 0.15) is 5.78 Å². The zero-order chi connectivity index (χ0) is 17.1. The van der Waals surface area contributed by atoms with Crippen LogP contribution in [-0.4, -0.2) is 16.5 Å². The van der Waals surface area contributed by atoms with E-state index in [1.165, 1.54) is 12.8 Å². The maximum absolute atomic E-state index is 12.2. The van der Waals surface area contributed by atoms with Crippen molar-refractivity contribution in [2.45, 2.75) is 78.2 Å². The smallest absolute Gasteiger partial charge is 0.136 e. The molecule has 130 valence electrons. The Morgan fingerprint density at radius 1 is 1.30 bits per heavy atom. The van der Waals surface area contributed by atoms with E-state index in [9.17, 15) is 9.90 Å². The van der Waals surface area contributed by atoms with Gasteiger partial charge >= 0.3 is 0 Å². The molecule has 0 bridgehead atoms. The molecule has 3 unspecified atom stereocenters. The monoisotopic (exact) mass is 318 g/mol. The normalized spacial score (nSPS) is 33.5. The fourth-order valence-corrected chi connectivity index (χ4v) is 4.93. The van der Waals surface area contributed by atoms with Crippen LogP contribution >= 0.6 is 0 Å². The van der Waals surface area contributed by atoms with Gasteiger partial charge in [0.2, 0.25) is 0 Å². The highest BCUT2D eigenvalue weighted by molar-refractivity contribution is 5.83. The van der Waals surface area contributed by atoms with Crippen molar-refractivity contribution in [2.75, 3.05) is 0 Å². The lowest BCUT2D eigenvalue weighted by Gasteiger charge is -2.41. The molecule has 0 saturated heterocycles. The minimum Gasteiger partial charge on any atom is -0.386 e. The predicted octanol–water partition coefficient (Wildman–Crippen LogP) is 5.07. The molecule has 2 saturated carbocycles. The third-order valence-corrected chi connectivity index (χ3v) is 6.73. The summed E-state index contributed by atoms with van der Waals surface area (Å²) in [5, 5.41) is 10.3. The summed E-state index contributed by atoms with van der Waals surface area (Å²) in [6.45, 7) is 8.66. The van der Waals surface area contributed by atoms with Crippen LogP contribution in [-0.2, 0) is 4.79 Å². The van der Waals surface area contributed by atoms with Crippen LogP contribution in [0.1, 0.15) is 72.6 Å². The largest absolute Gasteiger partial charge is 0.386 e. The van der Waals surface area contributed by atoms with Gasteiger partial charge in [0.25, 0.3) is 0 Å². The SMILES string of the molecule is CCC(O)(/C=C/C=C/[C@@H](C)C1CCC2C(=O)CCCC21C)CC.